The number of carbonyl (C=O) groups is 1. The lowest BCUT2D eigenvalue weighted by Gasteiger charge is -2.49. The molecule has 0 N–H and O–H groups in total. The second kappa shape index (κ2) is 9.16. The fourth-order valence-electron chi connectivity index (χ4n) is 4.77. The summed E-state index contributed by atoms with van der Waals surface area (Å²) in [6, 6.07) is 16.3. The zero-order valence-corrected chi connectivity index (χ0v) is 17.3. The Labute approximate surface area is 173 Å². The van der Waals surface area contributed by atoms with E-state index in [4.69, 9.17) is 4.74 Å². The van der Waals surface area contributed by atoms with Gasteiger partial charge in [-0.15, -0.1) is 0 Å². The fourth-order valence-corrected chi connectivity index (χ4v) is 4.77. The maximum Gasteiger partial charge on any atom is 0.201 e. The van der Waals surface area contributed by atoms with Gasteiger partial charge in [0.2, 0.25) is 5.78 Å². The van der Waals surface area contributed by atoms with E-state index in [1.54, 1.807) is 6.20 Å². The number of aromatic nitrogens is 1. The van der Waals surface area contributed by atoms with E-state index in [0.29, 0.717) is 12.3 Å². The second-order valence-corrected chi connectivity index (χ2v) is 8.28. The van der Waals surface area contributed by atoms with Gasteiger partial charge < -0.3 is 9.64 Å². The number of nitrogens with zero attached hydrogens (tertiary/aromatic N) is 3. The lowest BCUT2D eigenvalue weighted by Crippen LogP contribution is -2.63. The standard InChI is InChI=1S/C24H31N3O2/c1-20-19-24(11-18-29-20,23(28)22-9-5-6-12-25-22)27-16-14-26(15-17-27)13-10-21-7-3-2-4-8-21/h2-9,12,20H,10-11,13-19H2,1H3/t20-,24-/m1/s1. The minimum Gasteiger partial charge on any atom is -0.378 e. The smallest absolute Gasteiger partial charge is 0.201 e. The monoisotopic (exact) mass is 393 g/mol. The first-order valence-electron chi connectivity index (χ1n) is 10.8. The van der Waals surface area contributed by atoms with Crippen LogP contribution in [-0.2, 0) is 11.2 Å². The Morgan fingerprint density at radius 3 is 2.55 bits per heavy atom. The molecule has 0 unspecified atom stereocenters. The third-order valence-electron chi connectivity index (χ3n) is 6.40. The first-order chi connectivity index (χ1) is 14.2. The van der Waals surface area contributed by atoms with E-state index in [2.05, 4.69) is 52.0 Å². The molecular weight excluding hydrogens is 362 g/mol. The summed E-state index contributed by atoms with van der Waals surface area (Å²) in [6.07, 6.45) is 4.37. The number of pyridine rings is 1. The van der Waals surface area contributed by atoms with Crippen molar-refractivity contribution in [2.24, 2.45) is 0 Å². The zero-order chi connectivity index (χ0) is 20.1. The summed E-state index contributed by atoms with van der Waals surface area (Å²) in [4.78, 5) is 22.9. The lowest BCUT2D eigenvalue weighted by atomic mass is 9.79. The van der Waals surface area contributed by atoms with Crippen LogP contribution in [0.2, 0.25) is 0 Å². The number of carbonyl (C=O) groups excluding carboxylic acids is 1. The average Bonchev–Trinajstić information content (AvgIpc) is 2.79. The van der Waals surface area contributed by atoms with Gasteiger partial charge in [-0.25, -0.2) is 0 Å². The van der Waals surface area contributed by atoms with Crippen LogP contribution in [0, 0.1) is 0 Å². The van der Waals surface area contributed by atoms with Crippen molar-refractivity contribution in [1.29, 1.82) is 0 Å². The van der Waals surface area contributed by atoms with Crippen LogP contribution in [0.4, 0.5) is 0 Å². The highest BCUT2D eigenvalue weighted by atomic mass is 16.5. The van der Waals surface area contributed by atoms with Gasteiger partial charge >= 0.3 is 0 Å². The Bertz CT molecular complexity index is 790. The quantitative estimate of drug-likeness (QED) is 0.706. The van der Waals surface area contributed by atoms with Gasteiger partial charge in [-0.1, -0.05) is 36.4 Å². The van der Waals surface area contributed by atoms with Gasteiger partial charge in [-0.2, -0.15) is 0 Å². The number of hydrogen-bond donors (Lipinski definition) is 0. The molecule has 2 aliphatic heterocycles. The highest BCUT2D eigenvalue weighted by Gasteiger charge is 2.48. The van der Waals surface area contributed by atoms with Gasteiger partial charge in [0.25, 0.3) is 0 Å². The van der Waals surface area contributed by atoms with Crippen LogP contribution < -0.4 is 0 Å². The van der Waals surface area contributed by atoms with Gasteiger partial charge in [-0.05, 0) is 43.9 Å². The highest BCUT2D eigenvalue weighted by Crippen LogP contribution is 2.35. The van der Waals surface area contributed by atoms with Gasteiger partial charge in [0.15, 0.2) is 0 Å². The molecule has 2 fully saturated rings. The number of ether oxygens (including phenoxy) is 1. The molecule has 0 bridgehead atoms. The number of piperazine rings is 1. The molecule has 1 aromatic carbocycles. The minimum atomic E-state index is -0.489. The summed E-state index contributed by atoms with van der Waals surface area (Å²) in [5.41, 5.74) is 1.47. The van der Waals surface area contributed by atoms with E-state index >= 15 is 0 Å². The molecule has 0 saturated carbocycles. The maximum absolute atomic E-state index is 13.6. The molecule has 2 atom stereocenters. The highest BCUT2D eigenvalue weighted by molar-refractivity contribution is 6.01. The predicted molar refractivity (Wildman–Crippen MR) is 114 cm³/mol. The molecule has 0 spiro atoms. The van der Waals surface area contributed by atoms with Crippen molar-refractivity contribution in [2.75, 3.05) is 39.3 Å². The molecule has 0 radical (unpaired) electrons. The number of benzene rings is 1. The van der Waals surface area contributed by atoms with Crippen LogP contribution in [-0.4, -0.2) is 71.5 Å². The topological polar surface area (TPSA) is 45.7 Å². The Morgan fingerprint density at radius 2 is 1.86 bits per heavy atom. The predicted octanol–water partition coefficient (Wildman–Crippen LogP) is 3.06. The first-order valence-corrected chi connectivity index (χ1v) is 10.8. The Balaban J connectivity index is 1.43. The van der Waals surface area contributed by atoms with Crippen molar-refractivity contribution < 1.29 is 9.53 Å². The molecular formula is C24H31N3O2. The molecule has 154 valence electrons. The van der Waals surface area contributed by atoms with Crippen molar-refractivity contribution in [2.45, 2.75) is 37.8 Å². The fraction of sp³-hybridized carbons (Fsp3) is 0.500. The third-order valence-corrected chi connectivity index (χ3v) is 6.40. The molecule has 5 heteroatoms. The van der Waals surface area contributed by atoms with Crippen LogP contribution >= 0.6 is 0 Å². The summed E-state index contributed by atoms with van der Waals surface area (Å²) in [7, 11) is 0. The van der Waals surface area contributed by atoms with E-state index < -0.39 is 5.54 Å². The molecule has 1 aromatic heterocycles. The van der Waals surface area contributed by atoms with Crippen LogP contribution in [0.3, 0.4) is 0 Å². The largest absolute Gasteiger partial charge is 0.378 e. The molecule has 29 heavy (non-hydrogen) atoms. The van der Waals surface area contributed by atoms with Crippen LogP contribution in [0.1, 0.15) is 35.8 Å². The maximum atomic E-state index is 13.6. The van der Waals surface area contributed by atoms with Gasteiger partial charge in [0.05, 0.1) is 11.6 Å². The van der Waals surface area contributed by atoms with Crippen molar-refractivity contribution in [3.8, 4) is 0 Å². The van der Waals surface area contributed by atoms with Gasteiger partial charge in [0, 0.05) is 45.5 Å². The SMILES string of the molecule is C[C@@H]1C[C@](C(=O)c2ccccn2)(N2CCN(CCc3ccccc3)CC2)CCO1. The summed E-state index contributed by atoms with van der Waals surface area (Å²) in [5, 5.41) is 0. The summed E-state index contributed by atoms with van der Waals surface area (Å²) >= 11 is 0. The zero-order valence-electron chi connectivity index (χ0n) is 17.3. The van der Waals surface area contributed by atoms with E-state index in [0.717, 1.165) is 52.0 Å². The second-order valence-electron chi connectivity index (χ2n) is 8.28. The average molecular weight is 394 g/mol. The lowest BCUT2D eigenvalue weighted by molar-refractivity contribution is -0.0641. The van der Waals surface area contributed by atoms with Crippen molar-refractivity contribution in [3.63, 3.8) is 0 Å². The Kier molecular flexibility index (Phi) is 6.38. The molecule has 2 aromatic rings. The number of rotatable bonds is 6. The van der Waals surface area contributed by atoms with E-state index in [-0.39, 0.29) is 11.9 Å². The normalized spacial score (nSPS) is 26.3. The molecule has 5 nitrogen and oxygen atoms in total. The van der Waals surface area contributed by atoms with Gasteiger partial charge in [0.1, 0.15) is 5.69 Å². The molecule has 3 heterocycles. The third kappa shape index (κ3) is 4.58. The Morgan fingerprint density at radius 1 is 1.10 bits per heavy atom. The number of hydrogen-bond acceptors (Lipinski definition) is 5. The van der Waals surface area contributed by atoms with Crippen molar-refractivity contribution in [3.05, 3.63) is 66.0 Å². The van der Waals surface area contributed by atoms with Crippen LogP contribution in [0.5, 0.6) is 0 Å². The molecule has 0 aliphatic carbocycles. The molecule has 2 saturated heterocycles. The van der Waals surface area contributed by atoms with E-state index in [1.807, 2.05) is 18.2 Å². The van der Waals surface area contributed by atoms with Gasteiger partial charge in [-0.3, -0.25) is 14.7 Å². The summed E-state index contributed by atoms with van der Waals surface area (Å²) in [6.45, 7) is 7.61. The molecule has 2 aliphatic rings. The minimum absolute atomic E-state index is 0.0903. The Hall–Kier alpha value is -2.08. The van der Waals surface area contributed by atoms with E-state index in [9.17, 15) is 4.79 Å². The first kappa shape index (κ1) is 20.2. The summed E-state index contributed by atoms with van der Waals surface area (Å²) < 4.78 is 5.81. The molecule has 0 amide bonds. The van der Waals surface area contributed by atoms with Crippen molar-refractivity contribution in [1.82, 2.24) is 14.8 Å². The summed E-state index contributed by atoms with van der Waals surface area (Å²) in [5.74, 6) is 0.158. The van der Waals surface area contributed by atoms with Crippen LogP contribution in [0.15, 0.2) is 54.7 Å². The molecule has 4 rings (SSSR count). The van der Waals surface area contributed by atoms with E-state index in [1.165, 1.54) is 5.56 Å². The van der Waals surface area contributed by atoms with Crippen molar-refractivity contribution >= 4 is 5.78 Å². The number of Topliss-reactive ketones (excluding diaryl/α,β-unsaturated/α-hetero) is 1. The van der Waals surface area contributed by atoms with Crippen LogP contribution in [0.25, 0.3) is 0 Å². The number of ketones is 1.